The van der Waals surface area contributed by atoms with E-state index in [2.05, 4.69) is 25.6 Å². The van der Waals surface area contributed by atoms with E-state index in [4.69, 9.17) is 0 Å². The first kappa shape index (κ1) is 16.7. The zero-order chi connectivity index (χ0) is 18.3. The van der Waals surface area contributed by atoms with Gasteiger partial charge < -0.3 is 5.32 Å². The molecule has 0 aliphatic rings. The van der Waals surface area contributed by atoms with Crippen LogP contribution in [0.25, 0.3) is 15.9 Å². The topological polar surface area (TPSA) is 68.0 Å². The van der Waals surface area contributed by atoms with Gasteiger partial charge in [-0.05, 0) is 24.3 Å². The summed E-state index contributed by atoms with van der Waals surface area (Å²) in [5.74, 6) is -0.751. The van der Waals surface area contributed by atoms with Crippen LogP contribution in [0.1, 0.15) is 23.7 Å². The van der Waals surface area contributed by atoms with Gasteiger partial charge in [-0.25, -0.2) is 4.98 Å². The molecule has 0 fully saturated rings. The molecule has 0 aliphatic carbocycles. The minimum Gasteiger partial charge on any atom is -0.368 e. The van der Waals surface area contributed by atoms with Crippen LogP contribution in [0.3, 0.4) is 0 Å². The van der Waals surface area contributed by atoms with Gasteiger partial charge in [-0.1, -0.05) is 19.1 Å². The number of nitrogens with one attached hydrogen (secondary N) is 1. The molecule has 0 amide bonds. The Kier molecular flexibility index (Phi) is 3.98. The highest BCUT2D eigenvalue weighted by atomic mass is 32.1. The summed E-state index contributed by atoms with van der Waals surface area (Å²) in [6.45, 7) is 2.49. The molecule has 0 saturated heterocycles. The summed E-state index contributed by atoms with van der Waals surface area (Å²) in [7, 11) is 0. The van der Waals surface area contributed by atoms with Gasteiger partial charge in [0, 0.05) is 12.5 Å². The Morgan fingerprint density at radius 3 is 2.73 bits per heavy atom. The Balaban J connectivity index is 1.53. The zero-order valence-electron chi connectivity index (χ0n) is 13.5. The van der Waals surface area contributed by atoms with E-state index in [1.165, 1.54) is 6.07 Å². The highest BCUT2D eigenvalue weighted by molar-refractivity contribution is 7.18. The van der Waals surface area contributed by atoms with Crippen molar-refractivity contribution in [2.24, 2.45) is 0 Å². The summed E-state index contributed by atoms with van der Waals surface area (Å²) in [4.78, 5) is 4.60. The van der Waals surface area contributed by atoms with E-state index in [0.717, 1.165) is 15.2 Å². The number of aromatic nitrogens is 5. The molecule has 134 valence electrons. The van der Waals surface area contributed by atoms with Crippen molar-refractivity contribution in [2.45, 2.75) is 19.0 Å². The Bertz CT molecular complexity index is 1040. The van der Waals surface area contributed by atoms with Crippen LogP contribution < -0.4 is 5.32 Å². The second-order valence-corrected chi connectivity index (χ2v) is 6.87. The average Bonchev–Trinajstić information content (AvgIpc) is 3.22. The fraction of sp³-hybridized carbons (Fsp3) is 0.250. The predicted molar refractivity (Wildman–Crippen MR) is 92.3 cm³/mol. The number of anilines is 1. The van der Waals surface area contributed by atoms with Crippen LogP contribution in [0.15, 0.2) is 36.4 Å². The largest absolute Gasteiger partial charge is 0.453 e. The van der Waals surface area contributed by atoms with Gasteiger partial charge in [0.1, 0.15) is 5.82 Å². The Labute approximate surface area is 149 Å². The van der Waals surface area contributed by atoms with Crippen LogP contribution >= 0.6 is 11.3 Å². The monoisotopic (exact) mass is 378 g/mol. The average molecular weight is 378 g/mol. The second kappa shape index (κ2) is 6.20. The maximum absolute atomic E-state index is 12.9. The third kappa shape index (κ3) is 3.07. The SMILES string of the molecule is C[C@H](CNc1ccc2nnc(C(F)(F)F)n2n1)c1nc2ccccc2s1. The lowest BCUT2D eigenvalue weighted by atomic mass is 10.2. The van der Waals surface area contributed by atoms with Crippen molar-refractivity contribution < 1.29 is 13.2 Å². The number of hydrogen-bond donors (Lipinski definition) is 1. The summed E-state index contributed by atoms with van der Waals surface area (Å²) in [5, 5.41) is 14.6. The molecule has 0 saturated carbocycles. The number of alkyl halides is 3. The molecule has 0 aliphatic heterocycles. The van der Waals surface area contributed by atoms with E-state index in [1.54, 1.807) is 17.4 Å². The van der Waals surface area contributed by atoms with Gasteiger partial charge in [-0.3, -0.25) is 0 Å². The molecule has 1 N–H and O–H groups in total. The highest BCUT2D eigenvalue weighted by Crippen LogP contribution is 2.29. The van der Waals surface area contributed by atoms with Crippen LogP contribution in [0.4, 0.5) is 19.0 Å². The van der Waals surface area contributed by atoms with Crippen molar-refractivity contribution in [1.29, 1.82) is 0 Å². The quantitative estimate of drug-likeness (QED) is 0.582. The number of halogens is 3. The van der Waals surface area contributed by atoms with E-state index >= 15 is 0 Å². The first-order valence-electron chi connectivity index (χ1n) is 7.81. The third-order valence-corrected chi connectivity index (χ3v) is 5.11. The standard InChI is InChI=1S/C16H13F3N6S/c1-9(14-21-10-4-2-3-5-11(10)26-14)8-20-12-6-7-13-22-23-15(16(17,18)19)25(13)24-12/h2-7,9H,8H2,1H3,(H,20,24)/t9-/m1/s1. The van der Waals surface area contributed by atoms with Gasteiger partial charge in [0.15, 0.2) is 5.65 Å². The van der Waals surface area contributed by atoms with E-state index in [1.807, 2.05) is 31.2 Å². The van der Waals surface area contributed by atoms with Gasteiger partial charge in [0.2, 0.25) is 0 Å². The number of para-hydroxylation sites is 1. The van der Waals surface area contributed by atoms with E-state index in [-0.39, 0.29) is 11.6 Å². The smallest absolute Gasteiger partial charge is 0.368 e. The summed E-state index contributed by atoms with van der Waals surface area (Å²) in [5.41, 5.74) is 0.986. The number of fused-ring (bicyclic) bond motifs is 2. The lowest BCUT2D eigenvalue weighted by molar-refractivity contribution is -0.146. The maximum Gasteiger partial charge on any atom is 0.453 e. The van der Waals surface area contributed by atoms with Gasteiger partial charge in [0.05, 0.1) is 15.2 Å². The van der Waals surface area contributed by atoms with E-state index < -0.39 is 12.0 Å². The summed E-state index contributed by atoms with van der Waals surface area (Å²) >= 11 is 1.60. The molecule has 6 nitrogen and oxygen atoms in total. The molecule has 4 aromatic rings. The molecule has 1 atom stereocenters. The number of nitrogens with zero attached hydrogens (tertiary/aromatic N) is 5. The summed E-state index contributed by atoms with van der Waals surface area (Å²) < 4.78 is 40.6. The highest BCUT2D eigenvalue weighted by Gasteiger charge is 2.37. The first-order valence-corrected chi connectivity index (χ1v) is 8.62. The Hall–Kier alpha value is -2.75. The molecule has 1 aromatic carbocycles. The lowest BCUT2D eigenvalue weighted by Crippen LogP contribution is -2.15. The van der Waals surface area contributed by atoms with Crippen molar-refractivity contribution in [3.63, 3.8) is 0 Å². The Morgan fingerprint density at radius 1 is 1.15 bits per heavy atom. The molecular weight excluding hydrogens is 365 g/mol. The van der Waals surface area contributed by atoms with Crippen molar-refractivity contribution in [3.8, 4) is 0 Å². The molecule has 3 aromatic heterocycles. The van der Waals surface area contributed by atoms with Crippen molar-refractivity contribution >= 4 is 33.0 Å². The minimum absolute atomic E-state index is 0.0436. The zero-order valence-corrected chi connectivity index (χ0v) is 14.3. The molecule has 0 unspecified atom stereocenters. The maximum atomic E-state index is 12.9. The van der Waals surface area contributed by atoms with Crippen LogP contribution in [-0.2, 0) is 6.18 Å². The number of benzene rings is 1. The van der Waals surface area contributed by atoms with Gasteiger partial charge in [-0.2, -0.15) is 17.7 Å². The van der Waals surface area contributed by atoms with Gasteiger partial charge in [-0.15, -0.1) is 26.6 Å². The summed E-state index contributed by atoms with van der Waals surface area (Å²) in [6.07, 6.45) is -4.61. The molecule has 0 bridgehead atoms. The number of hydrogen-bond acceptors (Lipinski definition) is 6. The number of rotatable bonds is 4. The van der Waals surface area contributed by atoms with Crippen molar-refractivity contribution in [1.82, 2.24) is 24.8 Å². The second-order valence-electron chi connectivity index (χ2n) is 5.81. The number of thiazole rings is 1. The van der Waals surface area contributed by atoms with Gasteiger partial charge >= 0.3 is 6.18 Å². The Morgan fingerprint density at radius 2 is 1.96 bits per heavy atom. The molecule has 26 heavy (non-hydrogen) atoms. The van der Waals surface area contributed by atoms with Crippen LogP contribution in [0, 0.1) is 0 Å². The third-order valence-electron chi connectivity index (χ3n) is 3.84. The first-order chi connectivity index (χ1) is 12.4. The van der Waals surface area contributed by atoms with E-state index in [9.17, 15) is 13.2 Å². The van der Waals surface area contributed by atoms with E-state index in [0.29, 0.717) is 16.9 Å². The predicted octanol–water partition coefficient (Wildman–Crippen LogP) is 3.97. The van der Waals surface area contributed by atoms with Crippen LogP contribution in [0.2, 0.25) is 0 Å². The summed E-state index contributed by atoms with van der Waals surface area (Å²) in [6, 6.07) is 10.9. The lowest BCUT2D eigenvalue weighted by Gasteiger charge is -2.11. The fourth-order valence-corrected chi connectivity index (χ4v) is 3.52. The molecular formula is C16H13F3N6S. The van der Waals surface area contributed by atoms with Crippen LogP contribution in [-0.4, -0.2) is 31.3 Å². The molecule has 4 rings (SSSR count). The normalized spacial score (nSPS) is 13.4. The van der Waals surface area contributed by atoms with Crippen LogP contribution in [0.5, 0.6) is 0 Å². The van der Waals surface area contributed by atoms with Crippen molar-refractivity contribution in [2.75, 3.05) is 11.9 Å². The molecule has 10 heteroatoms. The fourth-order valence-electron chi connectivity index (χ4n) is 2.51. The molecule has 0 radical (unpaired) electrons. The minimum atomic E-state index is -4.61. The molecule has 0 spiro atoms. The van der Waals surface area contributed by atoms with Gasteiger partial charge in [0.25, 0.3) is 5.82 Å². The molecule has 3 heterocycles. The van der Waals surface area contributed by atoms with Crippen molar-refractivity contribution in [3.05, 3.63) is 47.2 Å².